The number of amides is 2. The molecule has 1 heterocycles. The summed E-state index contributed by atoms with van der Waals surface area (Å²) in [6.07, 6.45) is 0.0981. The van der Waals surface area contributed by atoms with Crippen LogP contribution in [0.5, 0.6) is 0 Å². The lowest BCUT2D eigenvalue weighted by atomic mass is 9.83. The minimum atomic E-state index is -0.960. The maximum Gasteiger partial charge on any atom is 0.363 e. The van der Waals surface area contributed by atoms with Crippen LogP contribution in [-0.2, 0) is 19.3 Å². The molecule has 1 aliphatic heterocycles. The maximum absolute atomic E-state index is 12.4. The molecule has 0 aromatic heterocycles. The third kappa shape index (κ3) is 3.97. The quantitative estimate of drug-likeness (QED) is 0.331. The molecule has 0 saturated carbocycles. The highest BCUT2D eigenvalue weighted by molar-refractivity contribution is 6.28. The molecule has 6 heteroatoms. The summed E-state index contributed by atoms with van der Waals surface area (Å²) in [5, 5.41) is 0.540. The van der Waals surface area contributed by atoms with Crippen LogP contribution in [0.4, 0.5) is 0 Å². The molecule has 3 aromatic carbocycles. The van der Waals surface area contributed by atoms with E-state index in [1.165, 1.54) is 0 Å². The van der Waals surface area contributed by atoms with Crippen molar-refractivity contribution in [1.82, 2.24) is 5.06 Å². The van der Waals surface area contributed by atoms with Crippen molar-refractivity contribution >= 4 is 29.4 Å². The van der Waals surface area contributed by atoms with Gasteiger partial charge in [0.2, 0.25) is 0 Å². The van der Waals surface area contributed by atoms with Gasteiger partial charge in [-0.1, -0.05) is 72.3 Å². The fourth-order valence-corrected chi connectivity index (χ4v) is 3.96. The molecule has 0 spiro atoms. The molecule has 2 amide bonds. The number of carbonyl (C=O) groups excluding carboxylic acids is 3. The topological polar surface area (TPSA) is 63.7 Å². The Bertz CT molecular complexity index is 1110. The van der Waals surface area contributed by atoms with E-state index in [1.807, 2.05) is 61.5 Å². The SMILES string of the molecule is Cc1ccc(C(Cl)(c2ccccc2)c2ccc(C(=O)ON3C(=O)CCC3=O)cc2)cc1. The first-order valence-electron chi connectivity index (χ1n) is 9.90. The summed E-state index contributed by atoms with van der Waals surface area (Å²) in [5.74, 6) is -1.80. The Morgan fingerprint density at radius 1 is 0.806 bits per heavy atom. The van der Waals surface area contributed by atoms with Gasteiger partial charge in [0, 0.05) is 12.8 Å². The van der Waals surface area contributed by atoms with Crippen LogP contribution in [-0.4, -0.2) is 22.8 Å². The van der Waals surface area contributed by atoms with Crippen molar-refractivity contribution in [1.29, 1.82) is 0 Å². The predicted molar refractivity (Wildman–Crippen MR) is 116 cm³/mol. The van der Waals surface area contributed by atoms with Gasteiger partial charge >= 0.3 is 5.97 Å². The second-order valence-electron chi connectivity index (χ2n) is 7.43. The van der Waals surface area contributed by atoms with Crippen LogP contribution >= 0.6 is 11.6 Å². The Labute approximate surface area is 185 Å². The van der Waals surface area contributed by atoms with E-state index in [2.05, 4.69) is 0 Å². The number of halogens is 1. The molecule has 0 N–H and O–H groups in total. The predicted octanol–water partition coefficient (Wildman–Crippen LogP) is 4.75. The van der Waals surface area contributed by atoms with Crippen molar-refractivity contribution in [2.75, 3.05) is 0 Å². The van der Waals surface area contributed by atoms with E-state index < -0.39 is 22.7 Å². The van der Waals surface area contributed by atoms with Gasteiger partial charge in [-0.15, -0.1) is 16.7 Å². The largest absolute Gasteiger partial charge is 0.363 e. The highest BCUT2D eigenvalue weighted by Crippen LogP contribution is 2.43. The number of nitrogens with zero attached hydrogens (tertiary/aromatic N) is 1. The van der Waals surface area contributed by atoms with Gasteiger partial charge in [0.1, 0.15) is 4.87 Å². The molecule has 156 valence electrons. The number of alkyl halides is 1. The van der Waals surface area contributed by atoms with Gasteiger partial charge in [0.05, 0.1) is 5.56 Å². The molecule has 1 atom stereocenters. The van der Waals surface area contributed by atoms with Crippen LogP contribution in [0.25, 0.3) is 0 Å². The average molecular weight is 434 g/mol. The van der Waals surface area contributed by atoms with Crippen molar-refractivity contribution in [2.45, 2.75) is 24.6 Å². The molecule has 31 heavy (non-hydrogen) atoms. The molecule has 0 bridgehead atoms. The van der Waals surface area contributed by atoms with Crippen LogP contribution in [0.3, 0.4) is 0 Å². The second-order valence-corrected chi connectivity index (χ2v) is 8.00. The van der Waals surface area contributed by atoms with Crippen molar-refractivity contribution in [3.05, 3.63) is 107 Å². The zero-order valence-corrected chi connectivity index (χ0v) is 17.6. The minimum Gasteiger partial charge on any atom is -0.325 e. The molecule has 3 aromatic rings. The van der Waals surface area contributed by atoms with E-state index in [4.69, 9.17) is 16.4 Å². The molecular weight excluding hydrogens is 414 g/mol. The van der Waals surface area contributed by atoms with Crippen LogP contribution in [0.1, 0.15) is 45.5 Å². The zero-order chi connectivity index (χ0) is 22.0. The summed E-state index contributed by atoms with van der Waals surface area (Å²) >= 11 is 7.26. The maximum atomic E-state index is 12.4. The average Bonchev–Trinajstić information content (AvgIpc) is 3.11. The Morgan fingerprint density at radius 3 is 1.84 bits per heavy atom. The minimum absolute atomic E-state index is 0.0491. The van der Waals surface area contributed by atoms with Gasteiger partial charge in [0.25, 0.3) is 11.8 Å². The molecule has 4 rings (SSSR count). The number of rotatable bonds is 5. The first kappa shape index (κ1) is 20.8. The van der Waals surface area contributed by atoms with Crippen LogP contribution < -0.4 is 0 Å². The smallest absolute Gasteiger partial charge is 0.325 e. The highest BCUT2D eigenvalue weighted by atomic mass is 35.5. The Kier molecular flexibility index (Phi) is 5.61. The standard InChI is InChI=1S/C25H20ClNO4/c1-17-7-11-20(12-8-17)25(26,19-5-3-2-4-6-19)21-13-9-18(10-14-21)24(30)31-27-22(28)15-16-23(27)29/h2-14H,15-16H2,1H3. The van der Waals surface area contributed by atoms with E-state index in [-0.39, 0.29) is 18.4 Å². The summed E-state index contributed by atoms with van der Waals surface area (Å²) in [4.78, 5) is 39.8. The first-order chi connectivity index (χ1) is 14.9. The number of benzene rings is 3. The molecule has 1 aliphatic rings. The van der Waals surface area contributed by atoms with Crippen molar-refractivity contribution in [3.8, 4) is 0 Å². The molecule has 1 saturated heterocycles. The summed E-state index contributed by atoms with van der Waals surface area (Å²) in [6.45, 7) is 2.01. The lowest BCUT2D eigenvalue weighted by molar-refractivity contribution is -0.172. The third-order valence-electron chi connectivity index (χ3n) is 5.32. The fraction of sp³-hybridized carbons (Fsp3) is 0.160. The highest BCUT2D eigenvalue weighted by Gasteiger charge is 2.35. The number of hydrogen-bond donors (Lipinski definition) is 0. The first-order valence-corrected chi connectivity index (χ1v) is 10.3. The summed E-state index contributed by atoms with van der Waals surface area (Å²) in [7, 11) is 0. The number of aryl methyl sites for hydroxylation is 1. The molecule has 0 radical (unpaired) electrons. The lowest BCUT2D eigenvalue weighted by Gasteiger charge is -2.29. The van der Waals surface area contributed by atoms with Gasteiger partial charge in [0.15, 0.2) is 0 Å². The molecule has 1 unspecified atom stereocenters. The summed E-state index contributed by atoms with van der Waals surface area (Å²) in [6, 6.07) is 24.4. The van der Waals surface area contributed by atoms with Gasteiger partial charge in [-0.3, -0.25) is 9.59 Å². The molecule has 1 fully saturated rings. The fourth-order valence-electron chi connectivity index (χ4n) is 3.58. The molecule has 5 nitrogen and oxygen atoms in total. The van der Waals surface area contributed by atoms with E-state index in [1.54, 1.807) is 24.3 Å². The second kappa shape index (κ2) is 8.36. The van der Waals surface area contributed by atoms with E-state index >= 15 is 0 Å². The monoisotopic (exact) mass is 433 g/mol. The van der Waals surface area contributed by atoms with Crippen molar-refractivity contribution in [2.24, 2.45) is 0 Å². The van der Waals surface area contributed by atoms with Crippen LogP contribution in [0.15, 0.2) is 78.9 Å². The normalized spacial score (nSPS) is 15.6. The Morgan fingerprint density at radius 2 is 1.29 bits per heavy atom. The summed E-state index contributed by atoms with van der Waals surface area (Å²) < 4.78 is 0. The van der Waals surface area contributed by atoms with Crippen LogP contribution in [0.2, 0.25) is 0 Å². The molecular formula is C25H20ClNO4. The lowest BCUT2D eigenvalue weighted by Crippen LogP contribution is -2.32. The van der Waals surface area contributed by atoms with E-state index in [9.17, 15) is 14.4 Å². The Balaban J connectivity index is 1.67. The van der Waals surface area contributed by atoms with Gasteiger partial charge in [-0.05, 0) is 35.7 Å². The van der Waals surface area contributed by atoms with Gasteiger partial charge in [-0.25, -0.2) is 4.79 Å². The number of imide groups is 1. The van der Waals surface area contributed by atoms with Crippen molar-refractivity contribution < 1.29 is 19.2 Å². The summed E-state index contributed by atoms with van der Waals surface area (Å²) in [5.41, 5.74) is 3.90. The number of hydrogen-bond acceptors (Lipinski definition) is 4. The van der Waals surface area contributed by atoms with Crippen LogP contribution in [0, 0.1) is 6.92 Å². The van der Waals surface area contributed by atoms with Gasteiger partial charge in [-0.2, -0.15) is 0 Å². The zero-order valence-electron chi connectivity index (χ0n) is 16.9. The van der Waals surface area contributed by atoms with Crippen molar-refractivity contribution in [3.63, 3.8) is 0 Å². The molecule has 0 aliphatic carbocycles. The van der Waals surface area contributed by atoms with E-state index in [0.717, 1.165) is 22.3 Å². The van der Waals surface area contributed by atoms with E-state index in [0.29, 0.717) is 5.06 Å². The Hall–Kier alpha value is -3.44. The number of hydroxylamine groups is 2. The third-order valence-corrected chi connectivity index (χ3v) is 5.97. The van der Waals surface area contributed by atoms with Gasteiger partial charge < -0.3 is 4.84 Å². The number of carbonyl (C=O) groups is 3.